The van der Waals surface area contributed by atoms with Crippen LogP contribution in [0.1, 0.15) is 10.4 Å². The predicted molar refractivity (Wildman–Crippen MR) is 93.5 cm³/mol. The highest BCUT2D eigenvalue weighted by Gasteiger charge is 2.15. The van der Waals surface area contributed by atoms with E-state index in [1.54, 1.807) is 18.2 Å². The van der Waals surface area contributed by atoms with E-state index in [2.05, 4.69) is 4.57 Å². The second-order valence-electron chi connectivity index (χ2n) is 5.48. The minimum Gasteiger partial charge on any atom is -0.478 e. The number of carbonyl (C=O) groups is 1. The van der Waals surface area contributed by atoms with Crippen LogP contribution in [0.4, 0.5) is 0 Å². The summed E-state index contributed by atoms with van der Waals surface area (Å²) < 4.78 is 2.05. The molecule has 116 valence electrons. The fraction of sp³-hybridized carbons (Fsp3) is 0. The van der Waals surface area contributed by atoms with Crippen molar-refractivity contribution in [3.05, 3.63) is 84.4 Å². The maximum Gasteiger partial charge on any atom is 0.335 e. The number of rotatable bonds is 3. The Labute approximate surface area is 138 Å². The number of fused-ring (bicyclic) bond motifs is 1. The molecule has 0 radical (unpaired) electrons. The molecule has 0 saturated heterocycles. The summed E-state index contributed by atoms with van der Waals surface area (Å²) in [5.74, 6) is -0.218. The zero-order valence-corrected chi connectivity index (χ0v) is 12.8. The van der Waals surface area contributed by atoms with E-state index < -0.39 is 5.97 Å². The first-order chi connectivity index (χ1) is 11.7. The molecule has 4 rings (SSSR count). The van der Waals surface area contributed by atoms with Crippen molar-refractivity contribution in [2.45, 2.75) is 0 Å². The second kappa shape index (κ2) is 5.66. The third kappa shape index (κ3) is 2.34. The SMILES string of the molecule is O=C(O)c1cccc(-c2nc3ccccc3n2-c2ccccc2)c1. The molecule has 0 spiro atoms. The number of para-hydroxylation sites is 3. The number of benzene rings is 3. The van der Waals surface area contributed by atoms with Crippen molar-refractivity contribution in [2.24, 2.45) is 0 Å². The number of aromatic nitrogens is 2. The summed E-state index contributed by atoms with van der Waals surface area (Å²) in [7, 11) is 0. The van der Waals surface area contributed by atoms with E-state index in [1.807, 2.05) is 60.7 Å². The summed E-state index contributed by atoms with van der Waals surface area (Å²) in [6, 6.07) is 24.7. The molecule has 0 unspecified atom stereocenters. The van der Waals surface area contributed by atoms with Crippen LogP contribution in [0.25, 0.3) is 28.1 Å². The molecule has 3 aromatic carbocycles. The summed E-state index contributed by atoms with van der Waals surface area (Å²) in [4.78, 5) is 16.0. The van der Waals surface area contributed by atoms with Crippen LogP contribution in [0.3, 0.4) is 0 Å². The zero-order valence-electron chi connectivity index (χ0n) is 12.8. The van der Waals surface area contributed by atoms with Crippen LogP contribution < -0.4 is 0 Å². The summed E-state index contributed by atoms with van der Waals surface area (Å²) in [5, 5.41) is 9.26. The van der Waals surface area contributed by atoms with Crippen LogP contribution >= 0.6 is 0 Å². The minimum atomic E-state index is -0.945. The highest BCUT2D eigenvalue weighted by molar-refractivity contribution is 5.90. The van der Waals surface area contributed by atoms with Crippen LogP contribution in [0, 0.1) is 0 Å². The first kappa shape index (κ1) is 14.2. The normalized spacial score (nSPS) is 10.8. The lowest BCUT2D eigenvalue weighted by Crippen LogP contribution is -2.00. The molecule has 1 N–H and O–H groups in total. The van der Waals surface area contributed by atoms with Crippen LogP contribution in [0.5, 0.6) is 0 Å². The van der Waals surface area contributed by atoms with E-state index in [1.165, 1.54) is 0 Å². The molecule has 0 atom stereocenters. The Morgan fingerprint density at radius 1 is 0.875 bits per heavy atom. The molecule has 0 aliphatic heterocycles. The van der Waals surface area contributed by atoms with Gasteiger partial charge in [0, 0.05) is 11.3 Å². The van der Waals surface area contributed by atoms with Crippen molar-refractivity contribution in [1.29, 1.82) is 0 Å². The summed E-state index contributed by atoms with van der Waals surface area (Å²) in [6.45, 7) is 0. The van der Waals surface area contributed by atoms with Crippen molar-refractivity contribution in [3.63, 3.8) is 0 Å². The molecular formula is C20H14N2O2. The van der Waals surface area contributed by atoms with Gasteiger partial charge in [0.2, 0.25) is 0 Å². The molecule has 0 bridgehead atoms. The number of hydrogen-bond acceptors (Lipinski definition) is 2. The number of carboxylic acid groups (broad SMARTS) is 1. The highest BCUT2D eigenvalue weighted by Crippen LogP contribution is 2.28. The van der Waals surface area contributed by atoms with E-state index in [0.29, 0.717) is 0 Å². The third-order valence-electron chi connectivity index (χ3n) is 3.94. The Balaban J connectivity index is 2.02. The van der Waals surface area contributed by atoms with Gasteiger partial charge in [-0.15, -0.1) is 0 Å². The van der Waals surface area contributed by atoms with Crippen molar-refractivity contribution < 1.29 is 9.90 Å². The molecule has 0 amide bonds. The lowest BCUT2D eigenvalue weighted by molar-refractivity contribution is 0.0697. The van der Waals surface area contributed by atoms with E-state index in [4.69, 9.17) is 4.98 Å². The van der Waals surface area contributed by atoms with Gasteiger partial charge in [-0.2, -0.15) is 0 Å². The summed E-state index contributed by atoms with van der Waals surface area (Å²) >= 11 is 0. The highest BCUT2D eigenvalue weighted by atomic mass is 16.4. The average molecular weight is 314 g/mol. The van der Waals surface area contributed by atoms with Gasteiger partial charge in [-0.25, -0.2) is 9.78 Å². The van der Waals surface area contributed by atoms with Crippen molar-refractivity contribution >= 4 is 17.0 Å². The monoisotopic (exact) mass is 314 g/mol. The lowest BCUT2D eigenvalue weighted by atomic mass is 10.1. The fourth-order valence-corrected chi connectivity index (χ4v) is 2.85. The van der Waals surface area contributed by atoms with E-state index in [9.17, 15) is 9.90 Å². The smallest absolute Gasteiger partial charge is 0.335 e. The number of imidazole rings is 1. The van der Waals surface area contributed by atoms with Gasteiger partial charge in [-0.3, -0.25) is 4.57 Å². The van der Waals surface area contributed by atoms with Crippen LogP contribution in [-0.4, -0.2) is 20.6 Å². The van der Waals surface area contributed by atoms with Gasteiger partial charge in [0.05, 0.1) is 16.6 Å². The Bertz CT molecular complexity index is 1040. The number of aromatic carboxylic acids is 1. The molecule has 0 aliphatic carbocycles. The van der Waals surface area contributed by atoms with E-state index in [0.717, 1.165) is 28.1 Å². The van der Waals surface area contributed by atoms with Crippen molar-refractivity contribution in [2.75, 3.05) is 0 Å². The quantitative estimate of drug-likeness (QED) is 0.610. The third-order valence-corrected chi connectivity index (χ3v) is 3.94. The largest absolute Gasteiger partial charge is 0.478 e. The number of hydrogen-bond donors (Lipinski definition) is 1. The predicted octanol–water partition coefficient (Wildman–Crippen LogP) is 4.39. The molecule has 0 fully saturated rings. The van der Waals surface area contributed by atoms with Gasteiger partial charge < -0.3 is 5.11 Å². The molecule has 24 heavy (non-hydrogen) atoms. The lowest BCUT2D eigenvalue weighted by Gasteiger charge is -2.09. The second-order valence-corrected chi connectivity index (χ2v) is 5.48. The van der Waals surface area contributed by atoms with Crippen LogP contribution in [-0.2, 0) is 0 Å². The van der Waals surface area contributed by atoms with Crippen molar-refractivity contribution in [1.82, 2.24) is 9.55 Å². The van der Waals surface area contributed by atoms with Crippen LogP contribution in [0.2, 0.25) is 0 Å². The Kier molecular flexibility index (Phi) is 3.35. The molecule has 4 aromatic rings. The van der Waals surface area contributed by atoms with Crippen molar-refractivity contribution in [3.8, 4) is 17.1 Å². The van der Waals surface area contributed by atoms with Gasteiger partial charge in [-0.05, 0) is 36.4 Å². The van der Waals surface area contributed by atoms with Gasteiger partial charge >= 0.3 is 5.97 Å². The first-order valence-electron chi connectivity index (χ1n) is 7.61. The maximum absolute atomic E-state index is 11.3. The standard InChI is InChI=1S/C20H14N2O2/c23-20(24)15-8-6-7-14(13-15)19-21-17-11-4-5-12-18(17)22(19)16-9-2-1-3-10-16/h1-13H,(H,23,24). The summed E-state index contributed by atoms with van der Waals surface area (Å²) in [5.41, 5.74) is 3.87. The zero-order chi connectivity index (χ0) is 16.5. The minimum absolute atomic E-state index is 0.249. The summed E-state index contributed by atoms with van der Waals surface area (Å²) in [6.07, 6.45) is 0. The van der Waals surface area contributed by atoms with Gasteiger partial charge in [0.1, 0.15) is 5.82 Å². The van der Waals surface area contributed by atoms with Crippen LogP contribution in [0.15, 0.2) is 78.9 Å². The van der Waals surface area contributed by atoms with Gasteiger partial charge in [0.25, 0.3) is 0 Å². The average Bonchev–Trinajstić information content (AvgIpc) is 3.02. The molecule has 1 aromatic heterocycles. The molecule has 0 aliphatic rings. The van der Waals surface area contributed by atoms with E-state index in [-0.39, 0.29) is 5.56 Å². The molecule has 4 nitrogen and oxygen atoms in total. The Morgan fingerprint density at radius 2 is 1.62 bits per heavy atom. The van der Waals surface area contributed by atoms with Gasteiger partial charge in [0.15, 0.2) is 0 Å². The topological polar surface area (TPSA) is 55.1 Å². The fourth-order valence-electron chi connectivity index (χ4n) is 2.85. The molecule has 1 heterocycles. The Morgan fingerprint density at radius 3 is 2.42 bits per heavy atom. The number of nitrogens with zero attached hydrogens (tertiary/aromatic N) is 2. The molecule has 0 saturated carbocycles. The maximum atomic E-state index is 11.3. The first-order valence-corrected chi connectivity index (χ1v) is 7.61. The molecule has 4 heteroatoms. The molecular weight excluding hydrogens is 300 g/mol. The Hall–Kier alpha value is -3.40. The van der Waals surface area contributed by atoms with E-state index >= 15 is 0 Å². The van der Waals surface area contributed by atoms with Gasteiger partial charge in [-0.1, -0.05) is 42.5 Å². The number of carboxylic acids is 1.